The average molecular weight is 481 g/mol. The SMILES string of the molecule is CC(C)CC(=O)OCC1=CO[C@@H](OC(=O)CC(C)C)[C@H]2C1=CC(=O)[C@@]2(O)COC(=O)CC(C)C. The molecular formula is C25H36O9. The molecule has 0 aromatic rings. The first kappa shape index (κ1) is 27.6. The molecule has 0 fully saturated rings. The Morgan fingerprint density at radius 2 is 1.47 bits per heavy atom. The smallest absolute Gasteiger partial charge is 0.309 e. The number of ether oxygens (including phenoxy) is 4. The summed E-state index contributed by atoms with van der Waals surface area (Å²) in [6.07, 6.45) is 1.62. The Kier molecular flexibility index (Phi) is 9.44. The topological polar surface area (TPSA) is 125 Å². The van der Waals surface area contributed by atoms with Gasteiger partial charge in [0.1, 0.15) is 13.2 Å². The van der Waals surface area contributed by atoms with Crippen molar-refractivity contribution in [2.75, 3.05) is 13.2 Å². The third kappa shape index (κ3) is 7.16. The van der Waals surface area contributed by atoms with Gasteiger partial charge in [0.05, 0.1) is 12.2 Å². The van der Waals surface area contributed by atoms with Gasteiger partial charge in [-0.2, -0.15) is 0 Å². The van der Waals surface area contributed by atoms with Crippen molar-refractivity contribution in [2.45, 2.75) is 72.7 Å². The Morgan fingerprint density at radius 1 is 0.941 bits per heavy atom. The van der Waals surface area contributed by atoms with Gasteiger partial charge in [-0.05, 0) is 29.4 Å². The number of rotatable bonds is 11. The second kappa shape index (κ2) is 11.6. The van der Waals surface area contributed by atoms with E-state index in [9.17, 15) is 24.3 Å². The van der Waals surface area contributed by atoms with Crippen LogP contribution in [0.2, 0.25) is 0 Å². The Balaban J connectivity index is 2.26. The maximum atomic E-state index is 12.9. The van der Waals surface area contributed by atoms with Gasteiger partial charge in [-0.3, -0.25) is 19.2 Å². The van der Waals surface area contributed by atoms with Gasteiger partial charge in [-0.1, -0.05) is 41.5 Å². The summed E-state index contributed by atoms with van der Waals surface area (Å²) < 4.78 is 21.6. The second-order valence-corrected chi connectivity index (χ2v) is 10.1. The zero-order valence-corrected chi connectivity index (χ0v) is 20.8. The van der Waals surface area contributed by atoms with Crippen LogP contribution in [0.15, 0.2) is 23.5 Å². The highest BCUT2D eigenvalue weighted by Crippen LogP contribution is 2.44. The quantitative estimate of drug-likeness (QED) is 0.351. The van der Waals surface area contributed by atoms with Gasteiger partial charge >= 0.3 is 17.9 Å². The van der Waals surface area contributed by atoms with Crippen LogP contribution in [0, 0.1) is 23.7 Å². The fourth-order valence-electron chi connectivity index (χ4n) is 3.74. The zero-order valence-electron chi connectivity index (χ0n) is 20.8. The lowest BCUT2D eigenvalue weighted by molar-refractivity contribution is -0.202. The first-order valence-electron chi connectivity index (χ1n) is 11.7. The molecule has 3 atom stereocenters. The Hall–Kier alpha value is -2.68. The Morgan fingerprint density at radius 3 is 2.03 bits per heavy atom. The normalized spacial score (nSPS) is 23.9. The molecule has 190 valence electrons. The first-order valence-corrected chi connectivity index (χ1v) is 11.7. The van der Waals surface area contributed by atoms with Crippen LogP contribution in [-0.2, 0) is 38.1 Å². The summed E-state index contributed by atoms with van der Waals surface area (Å²) in [6, 6.07) is 0. The number of hydrogen-bond donors (Lipinski definition) is 1. The molecule has 0 spiro atoms. The van der Waals surface area contributed by atoms with Crippen molar-refractivity contribution in [3.63, 3.8) is 0 Å². The fraction of sp³-hybridized carbons (Fsp3) is 0.680. The van der Waals surface area contributed by atoms with Gasteiger partial charge < -0.3 is 24.1 Å². The van der Waals surface area contributed by atoms with Crippen LogP contribution in [0.4, 0.5) is 0 Å². The molecule has 0 unspecified atom stereocenters. The van der Waals surface area contributed by atoms with Crippen LogP contribution in [0.1, 0.15) is 60.8 Å². The molecule has 0 bridgehead atoms. The van der Waals surface area contributed by atoms with Crippen molar-refractivity contribution < 1.29 is 43.2 Å². The molecule has 1 aliphatic carbocycles. The lowest BCUT2D eigenvalue weighted by Gasteiger charge is -2.37. The first-order chi connectivity index (χ1) is 15.8. The fourth-order valence-corrected chi connectivity index (χ4v) is 3.74. The lowest BCUT2D eigenvalue weighted by Crippen LogP contribution is -2.53. The molecule has 1 N–H and O–H groups in total. The lowest BCUT2D eigenvalue weighted by atomic mass is 9.82. The molecule has 0 saturated carbocycles. The second-order valence-electron chi connectivity index (χ2n) is 10.1. The van der Waals surface area contributed by atoms with E-state index in [0.29, 0.717) is 11.1 Å². The van der Waals surface area contributed by atoms with Gasteiger partial charge in [-0.15, -0.1) is 0 Å². The molecule has 0 saturated heterocycles. The summed E-state index contributed by atoms with van der Waals surface area (Å²) in [5, 5.41) is 11.3. The number of ketones is 1. The number of carbonyl (C=O) groups excluding carboxylic acids is 4. The van der Waals surface area contributed by atoms with Crippen molar-refractivity contribution >= 4 is 23.7 Å². The number of carbonyl (C=O) groups is 4. The summed E-state index contributed by atoms with van der Waals surface area (Å²) in [5.41, 5.74) is -1.51. The third-order valence-electron chi connectivity index (χ3n) is 5.36. The zero-order chi connectivity index (χ0) is 25.6. The van der Waals surface area contributed by atoms with E-state index in [1.54, 1.807) is 0 Å². The monoisotopic (exact) mass is 480 g/mol. The molecule has 34 heavy (non-hydrogen) atoms. The summed E-state index contributed by atoms with van der Waals surface area (Å²) in [6.45, 7) is 10.3. The van der Waals surface area contributed by atoms with Crippen LogP contribution in [0.3, 0.4) is 0 Å². The molecular weight excluding hydrogens is 444 g/mol. The molecule has 1 heterocycles. The highest BCUT2D eigenvalue weighted by molar-refractivity contribution is 6.02. The molecule has 0 amide bonds. The summed E-state index contributed by atoms with van der Waals surface area (Å²) in [4.78, 5) is 49.3. The Bertz CT molecular complexity index is 852. The van der Waals surface area contributed by atoms with Crippen LogP contribution in [0.5, 0.6) is 0 Å². The number of fused-ring (bicyclic) bond motifs is 1. The highest BCUT2D eigenvalue weighted by atomic mass is 16.7. The van der Waals surface area contributed by atoms with E-state index in [1.807, 2.05) is 41.5 Å². The van der Waals surface area contributed by atoms with Crippen molar-refractivity contribution in [2.24, 2.45) is 23.7 Å². The van der Waals surface area contributed by atoms with Crippen molar-refractivity contribution in [3.05, 3.63) is 23.5 Å². The minimum atomic E-state index is -2.19. The maximum absolute atomic E-state index is 12.9. The van der Waals surface area contributed by atoms with Crippen LogP contribution in [-0.4, -0.2) is 53.9 Å². The van der Waals surface area contributed by atoms with E-state index in [4.69, 9.17) is 18.9 Å². The van der Waals surface area contributed by atoms with E-state index in [1.165, 1.54) is 12.3 Å². The van der Waals surface area contributed by atoms with E-state index in [-0.39, 0.29) is 43.6 Å². The molecule has 0 aromatic carbocycles. The van der Waals surface area contributed by atoms with Crippen molar-refractivity contribution in [1.29, 1.82) is 0 Å². The van der Waals surface area contributed by atoms with Crippen molar-refractivity contribution in [1.82, 2.24) is 0 Å². The van der Waals surface area contributed by atoms with Gasteiger partial charge in [0.15, 0.2) is 11.4 Å². The molecule has 2 aliphatic rings. The van der Waals surface area contributed by atoms with E-state index in [0.717, 1.165) is 0 Å². The molecule has 2 rings (SSSR count). The predicted molar refractivity (Wildman–Crippen MR) is 121 cm³/mol. The van der Waals surface area contributed by atoms with E-state index in [2.05, 4.69) is 0 Å². The Labute approximate surface area is 200 Å². The molecule has 0 aromatic heterocycles. The third-order valence-corrected chi connectivity index (χ3v) is 5.36. The average Bonchev–Trinajstić information content (AvgIpc) is 2.96. The van der Waals surface area contributed by atoms with Crippen LogP contribution >= 0.6 is 0 Å². The minimum Gasteiger partial charge on any atom is -0.462 e. The summed E-state index contributed by atoms with van der Waals surface area (Å²) in [7, 11) is 0. The van der Waals surface area contributed by atoms with Gasteiger partial charge in [-0.25, -0.2) is 0 Å². The largest absolute Gasteiger partial charge is 0.462 e. The molecule has 1 aliphatic heterocycles. The van der Waals surface area contributed by atoms with Gasteiger partial charge in [0, 0.05) is 24.8 Å². The van der Waals surface area contributed by atoms with Gasteiger partial charge in [0.2, 0.25) is 0 Å². The maximum Gasteiger partial charge on any atom is 0.309 e. The molecule has 0 radical (unpaired) electrons. The minimum absolute atomic E-state index is 0.0265. The summed E-state index contributed by atoms with van der Waals surface area (Å²) in [5.74, 6) is -3.22. The number of esters is 3. The van der Waals surface area contributed by atoms with E-state index >= 15 is 0 Å². The predicted octanol–water partition coefficient (Wildman–Crippen LogP) is 2.85. The van der Waals surface area contributed by atoms with Crippen LogP contribution in [0.25, 0.3) is 0 Å². The van der Waals surface area contributed by atoms with Crippen LogP contribution < -0.4 is 0 Å². The van der Waals surface area contributed by atoms with E-state index < -0.39 is 48.1 Å². The molecule has 9 heteroatoms. The molecule has 9 nitrogen and oxygen atoms in total. The standard InChI is InChI=1S/C25H36O9/c1-14(2)7-20(27)31-11-17-12-32-24(34-22(29)9-16(5)6)23-18(17)10-19(26)25(23,30)13-33-21(28)8-15(3)4/h10,12,14-16,23-24,30H,7-9,11,13H2,1-6H3/t23-,24+,25+/m1/s1. The number of aliphatic hydroxyl groups is 1. The summed E-state index contributed by atoms with van der Waals surface area (Å²) >= 11 is 0. The highest BCUT2D eigenvalue weighted by Gasteiger charge is 2.58. The number of hydrogen-bond acceptors (Lipinski definition) is 9. The van der Waals surface area contributed by atoms with Crippen molar-refractivity contribution in [3.8, 4) is 0 Å². The van der Waals surface area contributed by atoms with Gasteiger partial charge in [0.25, 0.3) is 6.29 Å².